The molecule has 2 aromatic carbocycles. The van der Waals surface area contributed by atoms with Crippen LogP contribution in [-0.4, -0.2) is 44.6 Å². The summed E-state index contributed by atoms with van der Waals surface area (Å²) in [7, 11) is 0. The highest BCUT2D eigenvalue weighted by Crippen LogP contribution is 2.34. The van der Waals surface area contributed by atoms with Gasteiger partial charge in [-0.3, -0.25) is 19.3 Å². The number of halogens is 3. The Bertz CT molecular complexity index is 1200. The maximum atomic E-state index is 13.2. The summed E-state index contributed by atoms with van der Waals surface area (Å²) in [6.45, 7) is 3.20. The number of carbonyl (C=O) groups is 2. The fourth-order valence-corrected chi connectivity index (χ4v) is 3.40. The van der Waals surface area contributed by atoms with Crippen LogP contribution >= 0.6 is 12.2 Å². The summed E-state index contributed by atoms with van der Waals surface area (Å²) in [6.07, 6.45) is -4.62. The van der Waals surface area contributed by atoms with E-state index >= 15 is 0 Å². The lowest BCUT2D eigenvalue weighted by molar-refractivity contribution is -0.137. The van der Waals surface area contributed by atoms with Crippen molar-refractivity contribution < 1.29 is 22.8 Å². The van der Waals surface area contributed by atoms with Gasteiger partial charge in [0.05, 0.1) is 17.8 Å². The number of alkyl halides is 3. The number of benzene rings is 2. The SMILES string of the molecule is CCN(CC(=O)Nc1ccccc1C(F)(F)F)C(=O)Cn1c(-c2ccc(C)cc2)n[nH]c1=S. The molecule has 0 atom stereocenters. The molecule has 33 heavy (non-hydrogen) atoms. The molecular weight excluding hydrogens is 455 g/mol. The number of aromatic amines is 1. The molecule has 7 nitrogen and oxygen atoms in total. The molecule has 0 radical (unpaired) electrons. The molecule has 1 aromatic heterocycles. The van der Waals surface area contributed by atoms with Crippen molar-refractivity contribution in [3.05, 3.63) is 64.4 Å². The Morgan fingerprint density at radius 1 is 1.15 bits per heavy atom. The summed E-state index contributed by atoms with van der Waals surface area (Å²) in [5.41, 5.74) is 0.494. The Kier molecular flexibility index (Phi) is 7.32. The van der Waals surface area contributed by atoms with Gasteiger partial charge in [-0.1, -0.05) is 42.0 Å². The Balaban J connectivity index is 1.73. The van der Waals surface area contributed by atoms with Gasteiger partial charge in [0, 0.05) is 12.1 Å². The summed E-state index contributed by atoms with van der Waals surface area (Å²) < 4.78 is 41.3. The lowest BCUT2D eigenvalue weighted by Crippen LogP contribution is -2.40. The van der Waals surface area contributed by atoms with E-state index in [9.17, 15) is 22.8 Å². The molecular formula is C22H22F3N5O2S. The van der Waals surface area contributed by atoms with Crippen LogP contribution < -0.4 is 5.32 Å². The van der Waals surface area contributed by atoms with E-state index in [0.717, 1.165) is 23.3 Å². The van der Waals surface area contributed by atoms with Crippen molar-refractivity contribution in [3.8, 4) is 11.4 Å². The van der Waals surface area contributed by atoms with Crippen molar-refractivity contribution >= 4 is 29.7 Å². The second-order valence-corrected chi connectivity index (χ2v) is 7.69. The molecule has 3 rings (SSSR count). The molecule has 174 valence electrons. The van der Waals surface area contributed by atoms with E-state index in [-0.39, 0.29) is 23.5 Å². The summed E-state index contributed by atoms with van der Waals surface area (Å²) >= 11 is 5.25. The average molecular weight is 478 g/mol. The highest BCUT2D eigenvalue weighted by Gasteiger charge is 2.33. The van der Waals surface area contributed by atoms with Crippen LogP contribution in [0.2, 0.25) is 0 Å². The van der Waals surface area contributed by atoms with Gasteiger partial charge < -0.3 is 10.2 Å². The van der Waals surface area contributed by atoms with E-state index in [1.165, 1.54) is 21.6 Å². The number of aryl methyl sites for hydroxylation is 1. The van der Waals surface area contributed by atoms with Crippen LogP contribution in [0.4, 0.5) is 18.9 Å². The van der Waals surface area contributed by atoms with Crippen LogP contribution in [0.3, 0.4) is 0 Å². The van der Waals surface area contributed by atoms with Gasteiger partial charge in [-0.05, 0) is 38.2 Å². The summed E-state index contributed by atoms with van der Waals surface area (Å²) in [6, 6.07) is 12.2. The molecule has 0 aliphatic carbocycles. The summed E-state index contributed by atoms with van der Waals surface area (Å²) in [5, 5.41) is 9.11. The molecule has 11 heteroatoms. The predicted octanol–water partition coefficient (Wildman–Crippen LogP) is 4.42. The maximum Gasteiger partial charge on any atom is 0.418 e. The topological polar surface area (TPSA) is 83.0 Å². The van der Waals surface area contributed by atoms with Gasteiger partial charge in [-0.15, -0.1) is 0 Å². The van der Waals surface area contributed by atoms with Crippen molar-refractivity contribution in [2.45, 2.75) is 26.6 Å². The standard InChI is InChI=1S/C22H22F3N5O2S/c1-3-29(12-18(31)26-17-7-5-4-6-16(17)22(23,24)25)19(32)13-30-20(27-28-21(30)33)15-10-8-14(2)9-11-15/h4-11H,3,12-13H2,1-2H3,(H,26,31)(H,28,33). The number of nitrogens with one attached hydrogen (secondary N) is 2. The number of H-pyrrole nitrogens is 1. The molecule has 0 saturated heterocycles. The van der Waals surface area contributed by atoms with Crippen LogP contribution in [0, 0.1) is 11.7 Å². The first-order chi connectivity index (χ1) is 15.6. The van der Waals surface area contributed by atoms with Crippen molar-refractivity contribution in [3.63, 3.8) is 0 Å². The lowest BCUT2D eigenvalue weighted by Gasteiger charge is -2.21. The van der Waals surface area contributed by atoms with Crippen molar-refractivity contribution in [1.82, 2.24) is 19.7 Å². The van der Waals surface area contributed by atoms with Crippen LogP contribution in [0.5, 0.6) is 0 Å². The predicted molar refractivity (Wildman–Crippen MR) is 120 cm³/mol. The third-order valence-corrected chi connectivity index (χ3v) is 5.25. The fourth-order valence-electron chi connectivity index (χ4n) is 3.20. The lowest BCUT2D eigenvalue weighted by atomic mass is 10.1. The number of amides is 2. The van der Waals surface area contributed by atoms with Crippen LogP contribution in [0.15, 0.2) is 48.5 Å². The van der Waals surface area contributed by atoms with Gasteiger partial charge in [0.2, 0.25) is 11.8 Å². The first-order valence-corrected chi connectivity index (χ1v) is 10.5. The molecule has 0 fully saturated rings. The van der Waals surface area contributed by atoms with E-state index in [2.05, 4.69) is 15.5 Å². The zero-order valence-corrected chi connectivity index (χ0v) is 18.8. The van der Waals surface area contributed by atoms with Gasteiger partial charge in [0.25, 0.3) is 0 Å². The minimum Gasteiger partial charge on any atom is -0.332 e. The van der Waals surface area contributed by atoms with Crippen molar-refractivity contribution in [2.24, 2.45) is 0 Å². The number of hydrogen-bond donors (Lipinski definition) is 2. The average Bonchev–Trinajstić information content (AvgIpc) is 3.12. The summed E-state index contributed by atoms with van der Waals surface area (Å²) in [5.74, 6) is -0.702. The number of nitrogens with zero attached hydrogens (tertiary/aromatic N) is 3. The molecule has 0 spiro atoms. The number of hydrogen-bond acceptors (Lipinski definition) is 4. The zero-order valence-electron chi connectivity index (χ0n) is 17.9. The molecule has 3 aromatic rings. The quantitative estimate of drug-likeness (QED) is 0.494. The third-order valence-electron chi connectivity index (χ3n) is 4.94. The third kappa shape index (κ3) is 5.86. The fraction of sp³-hybridized carbons (Fsp3) is 0.273. The Morgan fingerprint density at radius 3 is 2.45 bits per heavy atom. The second kappa shape index (κ2) is 9.99. The van der Waals surface area contributed by atoms with E-state index in [4.69, 9.17) is 12.2 Å². The number of anilines is 1. The second-order valence-electron chi connectivity index (χ2n) is 7.30. The zero-order chi connectivity index (χ0) is 24.2. The number of likely N-dealkylation sites (N-methyl/N-ethyl adjacent to an activating group) is 1. The van der Waals surface area contributed by atoms with Gasteiger partial charge in [0.15, 0.2) is 10.6 Å². The number of carbonyl (C=O) groups excluding carboxylic acids is 2. The first kappa shape index (κ1) is 24.2. The highest BCUT2D eigenvalue weighted by atomic mass is 32.1. The molecule has 2 amide bonds. The Morgan fingerprint density at radius 2 is 1.82 bits per heavy atom. The van der Waals surface area contributed by atoms with Crippen LogP contribution in [-0.2, 0) is 22.3 Å². The Labute approximate surface area is 193 Å². The highest BCUT2D eigenvalue weighted by molar-refractivity contribution is 7.71. The number of rotatable bonds is 7. The normalized spacial score (nSPS) is 11.3. The van der Waals surface area contributed by atoms with Crippen molar-refractivity contribution in [1.29, 1.82) is 0 Å². The van der Waals surface area contributed by atoms with E-state index in [1.54, 1.807) is 6.92 Å². The molecule has 0 saturated carbocycles. The van der Waals surface area contributed by atoms with Gasteiger partial charge in [-0.25, -0.2) is 0 Å². The monoisotopic (exact) mass is 477 g/mol. The Hall–Kier alpha value is -3.47. The minimum absolute atomic E-state index is 0.179. The minimum atomic E-state index is -4.62. The summed E-state index contributed by atoms with van der Waals surface area (Å²) in [4.78, 5) is 26.6. The molecule has 1 heterocycles. The van der Waals surface area contributed by atoms with Gasteiger partial charge in [-0.2, -0.15) is 18.3 Å². The van der Waals surface area contributed by atoms with Gasteiger partial charge >= 0.3 is 6.18 Å². The smallest absolute Gasteiger partial charge is 0.332 e. The van der Waals surface area contributed by atoms with E-state index < -0.39 is 30.1 Å². The largest absolute Gasteiger partial charge is 0.418 e. The molecule has 2 N–H and O–H groups in total. The van der Waals surface area contributed by atoms with Crippen molar-refractivity contribution in [2.75, 3.05) is 18.4 Å². The molecule has 0 aliphatic heterocycles. The van der Waals surface area contributed by atoms with Crippen LogP contribution in [0.25, 0.3) is 11.4 Å². The van der Waals surface area contributed by atoms with E-state index in [1.807, 2.05) is 31.2 Å². The van der Waals surface area contributed by atoms with Gasteiger partial charge in [0.1, 0.15) is 6.54 Å². The van der Waals surface area contributed by atoms with E-state index in [0.29, 0.717) is 5.82 Å². The van der Waals surface area contributed by atoms with Crippen LogP contribution in [0.1, 0.15) is 18.1 Å². The first-order valence-electron chi connectivity index (χ1n) is 10.1. The number of para-hydroxylation sites is 1. The molecule has 0 aliphatic rings. The number of aromatic nitrogens is 3. The molecule has 0 unspecified atom stereocenters. The maximum absolute atomic E-state index is 13.2. The molecule has 0 bridgehead atoms.